The zero-order valence-corrected chi connectivity index (χ0v) is 25.6. The first kappa shape index (κ1) is 43.4. The maximum atomic E-state index is 10.2. The molecular weight excluding hydrogens is 604 g/mol. The lowest BCUT2D eigenvalue weighted by atomic mass is 9.92. The van der Waals surface area contributed by atoms with E-state index >= 15 is 0 Å². The Labute approximate surface area is 260 Å². The molecule has 0 amide bonds. The van der Waals surface area contributed by atoms with Crippen molar-refractivity contribution < 1.29 is 75.0 Å². The number of piperidine rings is 1. The number of hydrogen-bond donors (Lipinski definition) is 10. The van der Waals surface area contributed by atoms with Crippen LogP contribution >= 0.6 is 0 Å². The van der Waals surface area contributed by atoms with Crippen molar-refractivity contribution in [2.75, 3.05) is 32.7 Å². The first-order chi connectivity index (χ1) is 20.8. The van der Waals surface area contributed by atoms with Crippen molar-refractivity contribution in [2.45, 2.75) is 70.7 Å². The fourth-order valence-corrected chi connectivity index (χ4v) is 3.64. The molecule has 0 saturated carbocycles. The van der Waals surface area contributed by atoms with E-state index < -0.39 is 54.3 Å². The number of carbonyl (C=O) groups is 5. The number of rotatable bonds is 12. The molecule has 2 rings (SSSR count). The summed E-state index contributed by atoms with van der Waals surface area (Å²) in [4.78, 5) is 54.3. The Balaban J connectivity index is 0. The summed E-state index contributed by atoms with van der Waals surface area (Å²) in [5.41, 5.74) is 0.331. The number of benzene rings is 1. The van der Waals surface area contributed by atoms with E-state index in [4.69, 9.17) is 46.0 Å². The predicted octanol–water partition coefficient (Wildman–Crippen LogP) is -1.44. The quantitative estimate of drug-likeness (QED) is 0.124. The van der Waals surface area contributed by atoms with Gasteiger partial charge in [0.05, 0.1) is 11.7 Å². The molecule has 17 nitrogen and oxygen atoms in total. The largest absolute Gasteiger partial charge is 0.479 e. The second-order valence-electron chi connectivity index (χ2n) is 9.95. The molecule has 7 unspecified atom stereocenters. The van der Waals surface area contributed by atoms with Crippen LogP contribution in [0.5, 0.6) is 0 Å². The van der Waals surface area contributed by atoms with Crippen molar-refractivity contribution in [3.63, 3.8) is 0 Å². The van der Waals surface area contributed by atoms with Gasteiger partial charge in [-0.25, -0.2) is 24.0 Å². The van der Waals surface area contributed by atoms with Gasteiger partial charge in [-0.05, 0) is 44.5 Å². The Bertz CT molecular complexity index is 966. The molecule has 258 valence electrons. The van der Waals surface area contributed by atoms with Gasteiger partial charge in [-0.3, -0.25) is 4.90 Å². The highest BCUT2D eigenvalue weighted by Gasteiger charge is 2.31. The van der Waals surface area contributed by atoms with Crippen LogP contribution in [0.25, 0.3) is 0 Å². The van der Waals surface area contributed by atoms with Gasteiger partial charge in [0, 0.05) is 25.7 Å². The zero-order valence-electron chi connectivity index (χ0n) is 25.6. The van der Waals surface area contributed by atoms with E-state index in [1.807, 2.05) is 0 Å². The number of aromatic carboxylic acids is 1. The molecule has 7 atom stereocenters. The number of hydrogen-bond acceptors (Lipinski definition) is 12. The maximum absolute atomic E-state index is 10.2. The second kappa shape index (κ2) is 22.7. The molecule has 0 aliphatic carbocycles. The van der Waals surface area contributed by atoms with Crippen LogP contribution < -0.4 is 0 Å². The van der Waals surface area contributed by atoms with Gasteiger partial charge < -0.3 is 56.0 Å². The molecule has 1 aliphatic rings. The minimum absolute atomic E-state index is 0.0975. The van der Waals surface area contributed by atoms with E-state index in [2.05, 4.69) is 37.5 Å². The molecule has 17 heteroatoms. The van der Waals surface area contributed by atoms with Crippen LogP contribution in [0.3, 0.4) is 0 Å². The molecule has 1 aromatic carbocycles. The summed E-state index contributed by atoms with van der Waals surface area (Å²) in [6.45, 7) is 14.4. The Hall–Kier alpha value is -3.71. The van der Waals surface area contributed by atoms with E-state index in [1.165, 1.54) is 0 Å². The Kier molecular flexibility index (Phi) is 21.9. The number of likely N-dealkylation sites (N-methyl/N-ethyl adjacent to an activating group) is 1. The molecule has 0 spiro atoms. The molecule has 0 radical (unpaired) electrons. The third kappa shape index (κ3) is 18.0. The van der Waals surface area contributed by atoms with Crippen LogP contribution in [0, 0.1) is 5.92 Å². The minimum atomic E-state index is -2.27. The molecule has 0 aromatic heterocycles. The first-order valence-corrected chi connectivity index (χ1v) is 13.9. The van der Waals surface area contributed by atoms with Gasteiger partial charge in [-0.2, -0.15) is 0 Å². The number of aliphatic carboxylic acids is 4. The van der Waals surface area contributed by atoms with Gasteiger partial charge in [-0.1, -0.05) is 39.0 Å². The van der Waals surface area contributed by atoms with Crippen molar-refractivity contribution in [2.24, 2.45) is 5.92 Å². The monoisotopic (exact) mass is 650 g/mol. The normalized spacial score (nSPS) is 20.3. The summed E-state index contributed by atoms with van der Waals surface area (Å²) in [6, 6.07) is 8.83. The van der Waals surface area contributed by atoms with Gasteiger partial charge in [0.1, 0.15) is 0 Å². The van der Waals surface area contributed by atoms with E-state index in [0.717, 1.165) is 39.1 Å². The van der Waals surface area contributed by atoms with Crippen LogP contribution in [0.2, 0.25) is 0 Å². The lowest BCUT2D eigenvalue weighted by Gasteiger charge is -2.40. The molecule has 1 fully saturated rings. The van der Waals surface area contributed by atoms with E-state index in [1.54, 1.807) is 30.3 Å². The summed E-state index contributed by atoms with van der Waals surface area (Å²) in [7, 11) is 0. The number of carboxylic acid groups (broad SMARTS) is 5. The molecule has 10 N–H and O–H groups in total. The summed E-state index contributed by atoms with van der Waals surface area (Å²) in [6.07, 6.45) is -8.23. The van der Waals surface area contributed by atoms with Crippen molar-refractivity contribution >= 4 is 29.8 Å². The van der Waals surface area contributed by atoms with Crippen LogP contribution in [-0.2, 0) is 19.2 Å². The number of aliphatic hydroxyl groups is 5. The fourth-order valence-electron chi connectivity index (χ4n) is 3.64. The second-order valence-corrected chi connectivity index (χ2v) is 9.95. The topological polar surface area (TPSA) is 294 Å². The maximum Gasteiger partial charge on any atom is 0.335 e. The molecule has 0 bridgehead atoms. The SMILES string of the molecule is CCN(CC)CCN1CC(C)C(O)CC1C.O=C(O)C(O)C(O)C(=O)O.O=C(O)C(O)C(O)C(=O)O.O=C(O)c1ccccc1. The van der Waals surface area contributed by atoms with Gasteiger partial charge in [0.2, 0.25) is 0 Å². The van der Waals surface area contributed by atoms with Crippen molar-refractivity contribution in [3.8, 4) is 0 Å². The average Bonchev–Trinajstić information content (AvgIpc) is 2.99. The average molecular weight is 651 g/mol. The van der Waals surface area contributed by atoms with E-state index in [0.29, 0.717) is 17.5 Å². The highest BCUT2D eigenvalue weighted by Crippen LogP contribution is 2.21. The molecule has 45 heavy (non-hydrogen) atoms. The molecular formula is C28H46N2O15. The van der Waals surface area contributed by atoms with Crippen LogP contribution in [0.15, 0.2) is 30.3 Å². The highest BCUT2D eigenvalue weighted by atomic mass is 16.4. The number of aliphatic hydroxyl groups excluding tert-OH is 5. The predicted molar refractivity (Wildman–Crippen MR) is 157 cm³/mol. The van der Waals surface area contributed by atoms with E-state index in [-0.39, 0.29) is 6.10 Å². The number of likely N-dealkylation sites (tertiary alicyclic amines) is 1. The van der Waals surface area contributed by atoms with Crippen molar-refractivity contribution in [3.05, 3.63) is 35.9 Å². The van der Waals surface area contributed by atoms with Crippen LogP contribution in [-0.4, -0.2) is 160 Å². The molecule has 1 aliphatic heterocycles. The highest BCUT2D eigenvalue weighted by molar-refractivity contribution is 5.87. The van der Waals surface area contributed by atoms with Gasteiger partial charge in [-0.15, -0.1) is 0 Å². The summed E-state index contributed by atoms with van der Waals surface area (Å²) < 4.78 is 0. The smallest absolute Gasteiger partial charge is 0.335 e. The lowest BCUT2D eigenvalue weighted by molar-refractivity contribution is -0.165. The Morgan fingerprint density at radius 2 is 1.13 bits per heavy atom. The minimum Gasteiger partial charge on any atom is -0.479 e. The Morgan fingerprint density at radius 3 is 1.42 bits per heavy atom. The fraction of sp³-hybridized carbons (Fsp3) is 0.607. The number of nitrogens with zero attached hydrogens (tertiary/aromatic N) is 2. The summed E-state index contributed by atoms with van der Waals surface area (Å²) >= 11 is 0. The van der Waals surface area contributed by atoms with Crippen LogP contribution in [0.1, 0.15) is 44.5 Å². The van der Waals surface area contributed by atoms with E-state index in [9.17, 15) is 29.1 Å². The molecule has 1 heterocycles. The van der Waals surface area contributed by atoms with Crippen molar-refractivity contribution in [1.29, 1.82) is 0 Å². The number of carboxylic acids is 5. The standard InChI is InChI=1S/C13H28N2O.C7H6O2.2C4H6O6/c1-5-14(6-2)7-8-15-10-11(3)13(16)9-12(15)4;8-7(9)6-4-2-1-3-5-6;2*5-1(3(7)8)2(6)4(9)10/h11-13,16H,5-10H2,1-4H3;1-5H,(H,8,9);2*1-2,5-6H,(H,7,8)(H,9,10). The third-order valence-corrected chi connectivity index (χ3v) is 6.61. The van der Waals surface area contributed by atoms with Crippen LogP contribution in [0.4, 0.5) is 0 Å². The molecule has 1 saturated heterocycles. The summed E-state index contributed by atoms with van der Waals surface area (Å²) in [5.74, 6) is -7.53. The molecule has 1 aromatic rings. The third-order valence-electron chi connectivity index (χ3n) is 6.61. The van der Waals surface area contributed by atoms with Crippen molar-refractivity contribution in [1.82, 2.24) is 9.80 Å². The zero-order chi connectivity index (χ0) is 35.4. The van der Waals surface area contributed by atoms with Gasteiger partial charge in [0.25, 0.3) is 0 Å². The first-order valence-electron chi connectivity index (χ1n) is 13.9. The van der Waals surface area contributed by atoms with Gasteiger partial charge in [0.15, 0.2) is 24.4 Å². The lowest BCUT2D eigenvalue weighted by Crippen LogP contribution is -2.49. The summed E-state index contributed by atoms with van der Waals surface area (Å²) in [5, 5.41) is 83.2. The van der Waals surface area contributed by atoms with Gasteiger partial charge >= 0.3 is 29.8 Å². The Morgan fingerprint density at radius 1 is 0.756 bits per heavy atom.